The molecule has 8 nitrogen and oxygen atoms in total. The first-order valence-electron chi connectivity index (χ1n) is 6.95. The van der Waals surface area contributed by atoms with E-state index in [9.17, 15) is 4.79 Å². The van der Waals surface area contributed by atoms with E-state index in [4.69, 9.17) is 0 Å². The molecule has 0 aromatic carbocycles. The number of rotatable bonds is 4. The van der Waals surface area contributed by atoms with Gasteiger partial charge in [0.25, 0.3) is 5.56 Å². The molecule has 3 rings (SSSR count). The van der Waals surface area contributed by atoms with Gasteiger partial charge in [0.05, 0.1) is 31.3 Å². The summed E-state index contributed by atoms with van der Waals surface area (Å²) in [4.78, 5) is 18.5. The highest BCUT2D eigenvalue weighted by atomic mass is 16.1. The van der Waals surface area contributed by atoms with Crippen molar-refractivity contribution in [1.82, 2.24) is 34.3 Å². The van der Waals surface area contributed by atoms with Crippen LogP contribution in [0.4, 0.5) is 0 Å². The summed E-state index contributed by atoms with van der Waals surface area (Å²) in [6, 6.07) is 0. The molecule has 0 unspecified atom stereocenters. The molecule has 0 spiro atoms. The van der Waals surface area contributed by atoms with Crippen molar-refractivity contribution in [3.63, 3.8) is 0 Å². The summed E-state index contributed by atoms with van der Waals surface area (Å²) in [5, 5.41) is 12.8. The van der Waals surface area contributed by atoms with Crippen LogP contribution in [0.1, 0.15) is 25.2 Å². The van der Waals surface area contributed by atoms with Gasteiger partial charge in [-0.1, -0.05) is 0 Å². The summed E-state index contributed by atoms with van der Waals surface area (Å²) in [5.41, 5.74) is 2.65. The standard InChI is InChI=1S/C13H17N7O/c1-4-19-12-10(6-15-19)14-8-18(13(12)21)7-11-9(3)16-20(5-2)17-11/h6,8H,4-5,7H2,1-3H3. The van der Waals surface area contributed by atoms with Gasteiger partial charge in [0.1, 0.15) is 11.2 Å². The lowest BCUT2D eigenvalue weighted by molar-refractivity contribution is 0.557. The van der Waals surface area contributed by atoms with E-state index in [2.05, 4.69) is 20.3 Å². The maximum absolute atomic E-state index is 12.6. The first kappa shape index (κ1) is 13.5. The Hall–Kier alpha value is -2.51. The van der Waals surface area contributed by atoms with Gasteiger partial charge in [0.2, 0.25) is 0 Å². The third kappa shape index (κ3) is 2.22. The number of aryl methyl sites for hydroxylation is 3. The first-order valence-corrected chi connectivity index (χ1v) is 6.95. The van der Waals surface area contributed by atoms with Crippen LogP contribution in [0.15, 0.2) is 17.3 Å². The Labute approximate surface area is 121 Å². The molecular formula is C13H17N7O. The Balaban J connectivity index is 2.06. The summed E-state index contributed by atoms with van der Waals surface area (Å²) in [7, 11) is 0. The van der Waals surface area contributed by atoms with Crippen molar-refractivity contribution in [3.8, 4) is 0 Å². The van der Waals surface area contributed by atoms with Gasteiger partial charge < -0.3 is 0 Å². The van der Waals surface area contributed by atoms with Crippen molar-refractivity contribution in [1.29, 1.82) is 0 Å². The lowest BCUT2D eigenvalue weighted by Gasteiger charge is -2.04. The van der Waals surface area contributed by atoms with Gasteiger partial charge in [-0.05, 0) is 20.8 Å². The SMILES string of the molecule is CCn1nc(C)c(Cn2cnc3cnn(CC)c3c2=O)n1. The number of fused-ring (bicyclic) bond motifs is 1. The first-order chi connectivity index (χ1) is 10.1. The normalized spacial score (nSPS) is 11.4. The van der Waals surface area contributed by atoms with Crippen LogP contribution < -0.4 is 5.56 Å². The van der Waals surface area contributed by atoms with Gasteiger partial charge in [-0.25, -0.2) is 4.98 Å². The Morgan fingerprint density at radius 3 is 2.67 bits per heavy atom. The van der Waals surface area contributed by atoms with Crippen LogP contribution in [0.2, 0.25) is 0 Å². The molecule has 0 bridgehead atoms. The maximum Gasteiger partial charge on any atom is 0.279 e. The van der Waals surface area contributed by atoms with Gasteiger partial charge in [-0.15, -0.1) is 0 Å². The second-order valence-corrected chi connectivity index (χ2v) is 4.79. The molecule has 0 radical (unpaired) electrons. The Morgan fingerprint density at radius 1 is 1.19 bits per heavy atom. The summed E-state index contributed by atoms with van der Waals surface area (Å²) in [6.45, 7) is 7.51. The zero-order valence-corrected chi connectivity index (χ0v) is 12.3. The molecule has 0 fully saturated rings. The molecule has 0 N–H and O–H groups in total. The molecule has 3 aromatic heterocycles. The molecule has 0 saturated heterocycles. The lowest BCUT2D eigenvalue weighted by Crippen LogP contribution is -2.23. The van der Waals surface area contributed by atoms with Crippen molar-refractivity contribution in [2.75, 3.05) is 0 Å². The highest BCUT2D eigenvalue weighted by molar-refractivity contribution is 5.72. The third-order valence-electron chi connectivity index (χ3n) is 3.44. The van der Waals surface area contributed by atoms with Crippen LogP contribution in [0, 0.1) is 6.92 Å². The minimum absolute atomic E-state index is 0.107. The molecule has 0 aliphatic rings. The molecule has 3 aromatic rings. The average Bonchev–Trinajstić information content (AvgIpc) is 3.06. The zero-order valence-electron chi connectivity index (χ0n) is 12.3. The quantitative estimate of drug-likeness (QED) is 0.701. The number of hydrogen-bond donors (Lipinski definition) is 0. The molecule has 110 valence electrons. The highest BCUT2D eigenvalue weighted by Gasteiger charge is 2.13. The summed E-state index contributed by atoms with van der Waals surface area (Å²) in [6.07, 6.45) is 3.15. The smallest absolute Gasteiger partial charge is 0.279 e. The second kappa shape index (κ2) is 5.12. The summed E-state index contributed by atoms with van der Waals surface area (Å²) < 4.78 is 3.21. The molecule has 8 heteroatoms. The zero-order chi connectivity index (χ0) is 15.0. The molecule has 0 atom stereocenters. The summed E-state index contributed by atoms with van der Waals surface area (Å²) in [5.74, 6) is 0. The predicted molar refractivity (Wildman–Crippen MR) is 77.0 cm³/mol. The minimum atomic E-state index is -0.107. The van der Waals surface area contributed by atoms with Crippen LogP contribution in [0.3, 0.4) is 0 Å². The van der Waals surface area contributed by atoms with Crippen LogP contribution in [0.25, 0.3) is 11.0 Å². The highest BCUT2D eigenvalue weighted by Crippen LogP contribution is 2.07. The Kier molecular flexibility index (Phi) is 3.28. The Morgan fingerprint density at radius 2 is 2.00 bits per heavy atom. The second-order valence-electron chi connectivity index (χ2n) is 4.79. The lowest BCUT2D eigenvalue weighted by atomic mass is 10.3. The van der Waals surface area contributed by atoms with E-state index in [1.54, 1.807) is 20.2 Å². The van der Waals surface area contributed by atoms with E-state index in [1.165, 1.54) is 6.33 Å². The fourth-order valence-corrected chi connectivity index (χ4v) is 2.28. The largest absolute Gasteiger partial charge is 0.291 e. The van der Waals surface area contributed by atoms with Gasteiger partial charge in [-0.3, -0.25) is 14.0 Å². The number of hydrogen-bond acceptors (Lipinski definition) is 5. The van der Waals surface area contributed by atoms with Gasteiger partial charge in [0.15, 0.2) is 5.52 Å². The van der Waals surface area contributed by atoms with Crippen LogP contribution in [0.5, 0.6) is 0 Å². The van der Waals surface area contributed by atoms with Gasteiger partial charge in [-0.2, -0.15) is 20.1 Å². The molecule has 0 aliphatic carbocycles. The van der Waals surface area contributed by atoms with Crippen molar-refractivity contribution in [2.45, 2.75) is 40.4 Å². The number of aromatic nitrogens is 7. The van der Waals surface area contributed by atoms with Crippen molar-refractivity contribution >= 4 is 11.0 Å². The molecular weight excluding hydrogens is 270 g/mol. The molecule has 3 heterocycles. The summed E-state index contributed by atoms with van der Waals surface area (Å²) >= 11 is 0. The molecule has 0 saturated carbocycles. The van der Waals surface area contributed by atoms with Crippen LogP contribution in [-0.4, -0.2) is 34.3 Å². The van der Waals surface area contributed by atoms with Crippen molar-refractivity contribution in [3.05, 3.63) is 34.3 Å². The Bertz CT molecular complexity index is 842. The minimum Gasteiger partial charge on any atom is -0.291 e. The van der Waals surface area contributed by atoms with E-state index in [0.717, 1.165) is 11.4 Å². The number of nitrogens with zero attached hydrogens (tertiary/aromatic N) is 7. The van der Waals surface area contributed by atoms with Crippen LogP contribution in [-0.2, 0) is 19.6 Å². The van der Waals surface area contributed by atoms with Crippen molar-refractivity contribution < 1.29 is 0 Å². The average molecular weight is 287 g/mol. The van der Waals surface area contributed by atoms with Gasteiger partial charge >= 0.3 is 0 Å². The fourth-order valence-electron chi connectivity index (χ4n) is 2.28. The monoisotopic (exact) mass is 287 g/mol. The topological polar surface area (TPSA) is 83.4 Å². The van der Waals surface area contributed by atoms with Gasteiger partial charge in [0, 0.05) is 6.54 Å². The fraction of sp³-hybridized carbons (Fsp3) is 0.462. The third-order valence-corrected chi connectivity index (χ3v) is 3.44. The van der Waals surface area contributed by atoms with E-state index in [1.807, 2.05) is 20.8 Å². The molecule has 21 heavy (non-hydrogen) atoms. The van der Waals surface area contributed by atoms with E-state index in [0.29, 0.717) is 30.7 Å². The van der Waals surface area contributed by atoms with Crippen molar-refractivity contribution in [2.24, 2.45) is 0 Å². The van der Waals surface area contributed by atoms with E-state index in [-0.39, 0.29) is 5.56 Å². The van der Waals surface area contributed by atoms with Crippen LogP contribution >= 0.6 is 0 Å². The maximum atomic E-state index is 12.6. The predicted octanol–water partition coefficient (Wildman–Crippen LogP) is 0.581. The van der Waals surface area contributed by atoms with E-state index < -0.39 is 0 Å². The molecule has 0 amide bonds. The molecule has 0 aliphatic heterocycles. The van der Waals surface area contributed by atoms with E-state index >= 15 is 0 Å².